The molecule has 0 amide bonds. The number of hydrogen-bond acceptors (Lipinski definition) is 6. The molecule has 2 saturated carbocycles. The van der Waals surface area contributed by atoms with E-state index >= 15 is 0 Å². The summed E-state index contributed by atoms with van der Waals surface area (Å²) in [5, 5.41) is 0. The van der Waals surface area contributed by atoms with Gasteiger partial charge in [0.25, 0.3) is 0 Å². The molecule has 0 N–H and O–H groups in total. The Morgan fingerprint density at radius 3 is 2.41 bits per heavy atom. The van der Waals surface area contributed by atoms with Crippen LogP contribution in [0.1, 0.15) is 74.2 Å². The van der Waals surface area contributed by atoms with Crippen molar-refractivity contribution in [3.05, 3.63) is 71.9 Å². The van der Waals surface area contributed by atoms with Crippen LogP contribution in [0.4, 0.5) is 5.95 Å². The molecule has 1 heterocycles. The summed E-state index contributed by atoms with van der Waals surface area (Å²) >= 11 is 0. The van der Waals surface area contributed by atoms with E-state index in [4.69, 9.17) is 14.5 Å². The maximum atomic E-state index is 12.4. The third-order valence-electron chi connectivity index (χ3n) is 7.84. The van der Waals surface area contributed by atoms with Crippen molar-refractivity contribution in [1.82, 2.24) is 9.97 Å². The topological polar surface area (TPSA) is 64.5 Å². The molecular formula is C31H37N3O3. The molecule has 2 fully saturated rings. The number of nitrogens with zero attached hydrogens (tertiary/aromatic N) is 3. The van der Waals surface area contributed by atoms with Gasteiger partial charge < -0.3 is 14.4 Å². The Balaban J connectivity index is 1.36. The highest BCUT2D eigenvalue weighted by molar-refractivity contribution is 5.91. The summed E-state index contributed by atoms with van der Waals surface area (Å²) < 4.78 is 11.3. The van der Waals surface area contributed by atoms with Crippen molar-refractivity contribution in [1.29, 1.82) is 0 Å². The Bertz CT molecular complexity index is 1180. The van der Waals surface area contributed by atoms with E-state index in [-0.39, 0.29) is 5.97 Å². The number of anilines is 1. The maximum absolute atomic E-state index is 12.4. The third-order valence-corrected chi connectivity index (χ3v) is 7.84. The Morgan fingerprint density at radius 1 is 0.946 bits per heavy atom. The fraction of sp³-hybridized carbons (Fsp3) is 0.452. The number of benzene rings is 2. The van der Waals surface area contributed by atoms with E-state index in [0.717, 1.165) is 54.2 Å². The molecule has 37 heavy (non-hydrogen) atoms. The summed E-state index contributed by atoms with van der Waals surface area (Å²) in [5.41, 5.74) is 3.43. The Morgan fingerprint density at radius 2 is 1.68 bits per heavy atom. The molecule has 0 radical (unpaired) electrons. The predicted molar refractivity (Wildman–Crippen MR) is 146 cm³/mol. The van der Waals surface area contributed by atoms with Crippen molar-refractivity contribution >= 4 is 11.9 Å². The molecule has 5 rings (SSSR count). The van der Waals surface area contributed by atoms with Crippen molar-refractivity contribution in [2.75, 3.05) is 12.0 Å². The summed E-state index contributed by atoms with van der Waals surface area (Å²) in [7, 11) is 1.42. The molecular weight excluding hydrogens is 462 g/mol. The van der Waals surface area contributed by atoms with Gasteiger partial charge in [0.05, 0.1) is 24.5 Å². The van der Waals surface area contributed by atoms with Crippen molar-refractivity contribution < 1.29 is 14.3 Å². The number of esters is 1. The summed E-state index contributed by atoms with van der Waals surface area (Å²) in [5.74, 6) is 2.11. The summed E-state index contributed by atoms with van der Waals surface area (Å²) in [6.07, 6.45) is 11.5. The second-order valence-corrected chi connectivity index (χ2v) is 10.5. The smallest absolute Gasteiger partial charge is 0.338 e. The average molecular weight is 500 g/mol. The molecule has 194 valence electrons. The number of aromatic nitrogens is 2. The van der Waals surface area contributed by atoms with Crippen LogP contribution in [0.3, 0.4) is 0 Å². The highest BCUT2D eigenvalue weighted by Gasteiger charge is 2.27. The SMILES string of the molecule is COC(=O)c1ccccc1CN(c1nccc(-c2ccc(OC3CCC(C)CC3)cc2)n1)C1CCCC1. The van der Waals surface area contributed by atoms with Crippen LogP contribution in [0.5, 0.6) is 5.75 Å². The number of carbonyl (C=O) groups excluding carboxylic acids is 1. The standard InChI is InChI=1S/C31H37N3O3/c1-22-11-15-26(16-12-22)37-27-17-13-23(14-18-27)29-19-20-32-31(33-29)34(25-8-4-5-9-25)21-24-7-3-6-10-28(24)30(35)36-2/h3,6-7,10,13-14,17-20,22,25-26H,4-5,8-9,11-12,15-16,21H2,1-2H3. The third kappa shape index (κ3) is 6.12. The predicted octanol–water partition coefficient (Wildman–Crippen LogP) is 6.84. The molecule has 0 saturated heterocycles. The van der Waals surface area contributed by atoms with Crippen molar-refractivity contribution in [3.63, 3.8) is 0 Å². The fourth-order valence-corrected chi connectivity index (χ4v) is 5.62. The van der Waals surface area contributed by atoms with Gasteiger partial charge in [0.2, 0.25) is 5.95 Å². The van der Waals surface area contributed by atoms with Gasteiger partial charge in [-0.1, -0.05) is 38.0 Å². The summed E-state index contributed by atoms with van der Waals surface area (Å²) in [4.78, 5) is 24.3. The van der Waals surface area contributed by atoms with Crippen molar-refractivity contribution in [3.8, 4) is 17.0 Å². The first kappa shape index (κ1) is 25.2. The van der Waals surface area contributed by atoms with Gasteiger partial charge in [-0.15, -0.1) is 0 Å². The van der Waals surface area contributed by atoms with Crippen LogP contribution in [-0.4, -0.2) is 35.2 Å². The van der Waals surface area contributed by atoms with Crippen LogP contribution in [0.2, 0.25) is 0 Å². The van der Waals surface area contributed by atoms with Gasteiger partial charge in [-0.05, 0) is 86.4 Å². The minimum Gasteiger partial charge on any atom is -0.490 e. The largest absolute Gasteiger partial charge is 0.490 e. The number of ether oxygens (including phenoxy) is 2. The number of hydrogen-bond donors (Lipinski definition) is 0. The molecule has 2 aliphatic rings. The summed E-state index contributed by atoms with van der Waals surface area (Å²) in [6.45, 7) is 2.89. The lowest BCUT2D eigenvalue weighted by molar-refractivity contribution is 0.0599. The first-order chi connectivity index (χ1) is 18.1. The van der Waals surface area contributed by atoms with Crippen LogP contribution in [0.25, 0.3) is 11.3 Å². The summed E-state index contributed by atoms with van der Waals surface area (Å²) in [6, 6.07) is 18.2. The molecule has 6 heteroatoms. The van der Waals surface area contributed by atoms with Gasteiger partial charge in [0.1, 0.15) is 5.75 Å². The lowest BCUT2D eigenvalue weighted by Gasteiger charge is -2.30. The zero-order valence-electron chi connectivity index (χ0n) is 21.9. The lowest BCUT2D eigenvalue weighted by Crippen LogP contribution is -2.34. The van der Waals surface area contributed by atoms with E-state index in [2.05, 4.69) is 41.1 Å². The Labute approximate surface area is 220 Å². The molecule has 0 spiro atoms. The van der Waals surface area contributed by atoms with E-state index in [1.807, 2.05) is 36.5 Å². The molecule has 2 aliphatic carbocycles. The van der Waals surface area contributed by atoms with E-state index in [9.17, 15) is 4.79 Å². The van der Waals surface area contributed by atoms with E-state index in [1.54, 1.807) is 0 Å². The highest BCUT2D eigenvalue weighted by atomic mass is 16.5. The van der Waals surface area contributed by atoms with Crippen LogP contribution >= 0.6 is 0 Å². The highest BCUT2D eigenvalue weighted by Crippen LogP contribution is 2.31. The molecule has 0 unspecified atom stereocenters. The molecule has 0 bridgehead atoms. The van der Waals surface area contributed by atoms with Crippen LogP contribution in [-0.2, 0) is 11.3 Å². The first-order valence-electron chi connectivity index (χ1n) is 13.6. The van der Waals surface area contributed by atoms with Gasteiger partial charge in [-0.2, -0.15) is 0 Å². The fourth-order valence-electron chi connectivity index (χ4n) is 5.62. The van der Waals surface area contributed by atoms with Crippen LogP contribution in [0, 0.1) is 5.92 Å². The number of carbonyl (C=O) groups is 1. The molecule has 6 nitrogen and oxygen atoms in total. The maximum Gasteiger partial charge on any atom is 0.338 e. The Hall–Kier alpha value is -3.41. The molecule has 1 aromatic heterocycles. The van der Waals surface area contributed by atoms with Gasteiger partial charge in [0, 0.05) is 24.3 Å². The molecule has 2 aromatic carbocycles. The quantitative estimate of drug-likeness (QED) is 0.316. The minimum atomic E-state index is -0.318. The van der Waals surface area contributed by atoms with E-state index < -0.39 is 0 Å². The second-order valence-electron chi connectivity index (χ2n) is 10.5. The molecule has 0 atom stereocenters. The van der Waals surface area contributed by atoms with Crippen LogP contribution in [0.15, 0.2) is 60.8 Å². The molecule has 3 aromatic rings. The second kappa shape index (κ2) is 11.8. The lowest BCUT2D eigenvalue weighted by atomic mass is 9.89. The van der Waals surface area contributed by atoms with Gasteiger partial charge in [-0.3, -0.25) is 0 Å². The van der Waals surface area contributed by atoms with E-state index in [1.165, 1.54) is 32.8 Å². The zero-order chi connectivity index (χ0) is 25.6. The Kier molecular flexibility index (Phi) is 8.02. The van der Waals surface area contributed by atoms with Crippen LogP contribution < -0.4 is 9.64 Å². The van der Waals surface area contributed by atoms with Gasteiger partial charge in [0.15, 0.2) is 0 Å². The monoisotopic (exact) mass is 499 g/mol. The number of methoxy groups -OCH3 is 1. The molecule has 0 aliphatic heterocycles. The van der Waals surface area contributed by atoms with Gasteiger partial charge in [-0.25, -0.2) is 14.8 Å². The zero-order valence-corrected chi connectivity index (χ0v) is 21.9. The van der Waals surface area contributed by atoms with Gasteiger partial charge >= 0.3 is 5.97 Å². The van der Waals surface area contributed by atoms with Crippen molar-refractivity contribution in [2.24, 2.45) is 5.92 Å². The van der Waals surface area contributed by atoms with Crippen molar-refractivity contribution in [2.45, 2.75) is 77.0 Å². The normalized spacial score (nSPS) is 19.9. The first-order valence-corrected chi connectivity index (χ1v) is 13.6. The van der Waals surface area contributed by atoms with E-state index in [0.29, 0.717) is 30.2 Å². The minimum absolute atomic E-state index is 0.318. The number of rotatable bonds is 8. The average Bonchev–Trinajstić information content (AvgIpc) is 3.48.